The minimum absolute atomic E-state index is 0.112. The van der Waals surface area contributed by atoms with Crippen LogP contribution in [0.3, 0.4) is 0 Å². The first-order valence-electron chi connectivity index (χ1n) is 6.97. The Morgan fingerprint density at radius 2 is 2.19 bits per heavy atom. The summed E-state index contributed by atoms with van der Waals surface area (Å²) in [6, 6.07) is 8.79. The van der Waals surface area contributed by atoms with E-state index in [4.69, 9.17) is 15.4 Å². The van der Waals surface area contributed by atoms with Crippen molar-refractivity contribution in [3.05, 3.63) is 35.6 Å². The van der Waals surface area contributed by atoms with Crippen molar-refractivity contribution in [1.82, 2.24) is 5.32 Å². The lowest BCUT2D eigenvalue weighted by molar-refractivity contribution is -0.123. The molecule has 0 aliphatic rings. The molecule has 0 aliphatic heterocycles. The summed E-state index contributed by atoms with van der Waals surface area (Å²) >= 11 is 0. The van der Waals surface area contributed by atoms with Crippen LogP contribution in [0.1, 0.15) is 25.2 Å². The second kappa shape index (κ2) is 6.42. The van der Waals surface area contributed by atoms with Gasteiger partial charge in [-0.3, -0.25) is 4.79 Å². The molecule has 0 fully saturated rings. The number of carbonyl (C=O) groups is 1. The second-order valence-corrected chi connectivity index (χ2v) is 5.39. The molecule has 0 saturated carbocycles. The Morgan fingerprint density at radius 3 is 2.86 bits per heavy atom. The van der Waals surface area contributed by atoms with Gasteiger partial charge in [-0.2, -0.15) is 5.26 Å². The van der Waals surface area contributed by atoms with Crippen molar-refractivity contribution in [3.8, 4) is 6.07 Å². The number of fused-ring (bicyclic) bond motifs is 1. The summed E-state index contributed by atoms with van der Waals surface area (Å²) in [7, 11) is 0. The van der Waals surface area contributed by atoms with Gasteiger partial charge >= 0.3 is 0 Å². The molecule has 1 aromatic carbocycles. The fourth-order valence-electron chi connectivity index (χ4n) is 2.02. The first-order chi connectivity index (χ1) is 10.0. The summed E-state index contributed by atoms with van der Waals surface area (Å²) < 4.78 is 5.67. The lowest BCUT2D eigenvalue weighted by Crippen LogP contribution is -2.44. The lowest BCUT2D eigenvalue weighted by atomic mass is 10.1. The number of hydrogen-bond donors (Lipinski definition) is 2. The third-order valence-electron chi connectivity index (χ3n) is 3.39. The maximum Gasteiger partial charge on any atom is 0.237 e. The van der Waals surface area contributed by atoms with Gasteiger partial charge in [0.05, 0.1) is 17.7 Å². The highest BCUT2D eigenvalue weighted by atomic mass is 16.3. The van der Waals surface area contributed by atoms with Crippen LogP contribution in [0.2, 0.25) is 0 Å². The molecule has 1 aromatic heterocycles. The molecule has 110 valence electrons. The fourth-order valence-corrected chi connectivity index (χ4v) is 2.02. The molecular formula is C16H19N3O2. The van der Waals surface area contributed by atoms with E-state index in [0.717, 1.165) is 16.7 Å². The molecule has 0 radical (unpaired) electrons. The van der Waals surface area contributed by atoms with Gasteiger partial charge in [-0.05, 0) is 30.2 Å². The van der Waals surface area contributed by atoms with Crippen LogP contribution < -0.4 is 11.1 Å². The Hall–Kier alpha value is -2.32. The van der Waals surface area contributed by atoms with Crippen molar-refractivity contribution < 1.29 is 9.21 Å². The van der Waals surface area contributed by atoms with Crippen LogP contribution in [-0.4, -0.2) is 18.5 Å². The molecule has 3 N–H and O–H groups in total. The van der Waals surface area contributed by atoms with E-state index in [1.165, 1.54) is 0 Å². The number of nitrogens with two attached hydrogens (primary N) is 1. The lowest BCUT2D eigenvalue weighted by Gasteiger charge is -2.14. The van der Waals surface area contributed by atoms with Gasteiger partial charge in [0.1, 0.15) is 11.3 Å². The molecule has 1 atom stereocenters. The number of furan rings is 1. The molecule has 0 bridgehead atoms. The SMILES string of the molecule is CC(C)[C@H](N)C(=O)NCCc1cc2cc(C#N)ccc2o1. The summed E-state index contributed by atoms with van der Waals surface area (Å²) in [6.45, 7) is 4.30. The first kappa shape index (κ1) is 15.1. The van der Waals surface area contributed by atoms with Crippen molar-refractivity contribution in [2.24, 2.45) is 11.7 Å². The minimum atomic E-state index is -0.487. The maximum atomic E-state index is 11.7. The number of nitriles is 1. The number of nitrogens with one attached hydrogen (secondary N) is 1. The standard InChI is InChI=1S/C16H19N3O2/c1-10(2)15(18)16(20)19-6-5-13-8-12-7-11(9-17)3-4-14(12)21-13/h3-4,7-8,10,15H,5-6,18H2,1-2H3,(H,19,20)/t15-/m0/s1. The Labute approximate surface area is 123 Å². The minimum Gasteiger partial charge on any atom is -0.461 e. The van der Waals surface area contributed by atoms with Crippen molar-refractivity contribution >= 4 is 16.9 Å². The summed E-state index contributed by atoms with van der Waals surface area (Å²) in [5.41, 5.74) is 7.11. The number of amides is 1. The molecule has 5 heteroatoms. The van der Waals surface area contributed by atoms with Crippen LogP contribution in [0.25, 0.3) is 11.0 Å². The van der Waals surface area contributed by atoms with E-state index < -0.39 is 6.04 Å². The Bertz CT molecular complexity index is 682. The van der Waals surface area contributed by atoms with Gasteiger partial charge in [0.25, 0.3) is 0 Å². The molecule has 0 aliphatic carbocycles. The molecule has 21 heavy (non-hydrogen) atoms. The van der Waals surface area contributed by atoms with Crippen LogP contribution in [0, 0.1) is 17.2 Å². The van der Waals surface area contributed by atoms with E-state index >= 15 is 0 Å². The number of benzene rings is 1. The highest BCUT2D eigenvalue weighted by molar-refractivity contribution is 5.82. The van der Waals surface area contributed by atoms with Crippen LogP contribution in [-0.2, 0) is 11.2 Å². The maximum absolute atomic E-state index is 11.7. The van der Waals surface area contributed by atoms with E-state index in [0.29, 0.717) is 18.5 Å². The largest absolute Gasteiger partial charge is 0.461 e. The second-order valence-electron chi connectivity index (χ2n) is 5.39. The van der Waals surface area contributed by atoms with Crippen molar-refractivity contribution in [1.29, 1.82) is 5.26 Å². The molecule has 2 aromatic rings. The van der Waals surface area contributed by atoms with Crippen molar-refractivity contribution in [3.63, 3.8) is 0 Å². The van der Waals surface area contributed by atoms with Crippen molar-refractivity contribution in [2.75, 3.05) is 6.54 Å². The number of carbonyl (C=O) groups excluding carboxylic acids is 1. The zero-order valence-corrected chi connectivity index (χ0v) is 12.2. The Balaban J connectivity index is 1.95. The molecule has 0 saturated heterocycles. The summed E-state index contributed by atoms with van der Waals surface area (Å²) in [4.78, 5) is 11.7. The molecule has 1 heterocycles. The summed E-state index contributed by atoms with van der Waals surface area (Å²) in [6.07, 6.45) is 0.590. The number of nitrogens with zero attached hydrogens (tertiary/aromatic N) is 1. The highest BCUT2D eigenvalue weighted by Gasteiger charge is 2.16. The molecule has 2 rings (SSSR count). The summed E-state index contributed by atoms with van der Waals surface area (Å²) in [5.74, 6) is 0.743. The average molecular weight is 285 g/mol. The molecule has 1 amide bonds. The zero-order chi connectivity index (χ0) is 15.4. The average Bonchev–Trinajstić information content (AvgIpc) is 2.87. The van der Waals surface area contributed by atoms with E-state index in [1.54, 1.807) is 18.2 Å². The van der Waals surface area contributed by atoms with Crippen LogP contribution in [0.4, 0.5) is 0 Å². The van der Waals surface area contributed by atoms with Gasteiger partial charge in [-0.15, -0.1) is 0 Å². The van der Waals surface area contributed by atoms with Gasteiger partial charge in [0.15, 0.2) is 0 Å². The third-order valence-corrected chi connectivity index (χ3v) is 3.39. The first-order valence-corrected chi connectivity index (χ1v) is 6.97. The van der Waals surface area contributed by atoms with Crippen LogP contribution in [0.5, 0.6) is 0 Å². The molecule has 5 nitrogen and oxygen atoms in total. The van der Waals surface area contributed by atoms with Gasteiger partial charge in [-0.25, -0.2) is 0 Å². The Kier molecular flexibility index (Phi) is 4.61. The monoisotopic (exact) mass is 285 g/mol. The third kappa shape index (κ3) is 3.61. The summed E-state index contributed by atoms with van der Waals surface area (Å²) in [5, 5.41) is 12.6. The smallest absolute Gasteiger partial charge is 0.237 e. The normalized spacial score (nSPS) is 12.3. The van der Waals surface area contributed by atoms with E-state index in [1.807, 2.05) is 19.9 Å². The van der Waals surface area contributed by atoms with Crippen molar-refractivity contribution in [2.45, 2.75) is 26.3 Å². The number of hydrogen-bond acceptors (Lipinski definition) is 4. The quantitative estimate of drug-likeness (QED) is 0.878. The predicted molar refractivity (Wildman–Crippen MR) is 80.5 cm³/mol. The van der Waals surface area contributed by atoms with Gasteiger partial charge in [0.2, 0.25) is 5.91 Å². The van der Waals surface area contributed by atoms with Gasteiger partial charge in [0, 0.05) is 18.4 Å². The molecular weight excluding hydrogens is 266 g/mol. The molecule has 0 unspecified atom stereocenters. The van der Waals surface area contributed by atoms with Gasteiger partial charge < -0.3 is 15.5 Å². The van der Waals surface area contributed by atoms with Crippen LogP contribution in [0.15, 0.2) is 28.7 Å². The highest BCUT2D eigenvalue weighted by Crippen LogP contribution is 2.20. The molecule has 0 spiro atoms. The number of rotatable bonds is 5. The van der Waals surface area contributed by atoms with Crippen LogP contribution >= 0.6 is 0 Å². The van der Waals surface area contributed by atoms with Gasteiger partial charge in [-0.1, -0.05) is 13.8 Å². The fraction of sp³-hybridized carbons (Fsp3) is 0.375. The van der Waals surface area contributed by atoms with E-state index in [-0.39, 0.29) is 11.8 Å². The zero-order valence-electron chi connectivity index (χ0n) is 12.2. The Morgan fingerprint density at radius 1 is 1.43 bits per heavy atom. The topological polar surface area (TPSA) is 92.0 Å². The van der Waals surface area contributed by atoms with E-state index in [2.05, 4.69) is 11.4 Å². The van der Waals surface area contributed by atoms with E-state index in [9.17, 15) is 4.79 Å². The predicted octanol–water partition coefficient (Wildman–Crippen LogP) is 1.95.